The highest BCUT2D eigenvalue weighted by atomic mass is 19.1. The Labute approximate surface area is 170 Å². The van der Waals surface area contributed by atoms with E-state index in [1.807, 2.05) is 13.8 Å². The molecule has 2 aromatic heterocycles. The predicted molar refractivity (Wildman–Crippen MR) is 109 cm³/mol. The lowest BCUT2D eigenvalue weighted by molar-refractivity contribution is -0.157. The summed E-state index contributed by atoms with van der Waals surface area (Å²) in [7, 11) is 0. The molecule has 0 spiro atoms. The van der Waals surface area contributed by atoms with E-state index in [1.54, 1.807) is 6.07 Å². The molecule has 0 amide bonds. The van der Waals surface area contributed by atoms with Gasteiger partial charge >= 0.3 is 5.97 Å². The highest BCUT2D eigenvalue weighted by Gasteiger charge is 2.34. The lowest BCUT2D eigenvalue weighted by atomic mass is 9.98. The van der Waals surface area contributed by atoms with Gasteiger partial charge in [0.05, 0.1) is 34.7 Å². The van der Waals surface area contributed by atoms with Crippen LogP contribution in [-0.4, -0.2) is 20.6 Å². The Bertz CT molecular complexity index is 1270. The van der Waals surface area contributed by atoms with Crippen LogP contribution in [0.25, 0.3) is 22.3 Å². The number of cyclic esters (lactones) is 1. The van der Waals surface area contributed by atoms with Crippen molar-refractivity contribution in [3.8, 4) is 11.4 Å². The standard InChI is InChI=1S/C19H15FN4O4.C2H6/c20-12-3-14-7(1-13(12)22)9(4-21)10-5-24-15(16(10)23-14)2-8-11(18(24)26)6-28-19(27)17(8)25;1-2/h1-3,17,25H,4-6,21-22H2;1-2H3. The molecule has 9 heteroatoms. The monoisotopic (exact) mass is 412 g/mol. The lowest BCUT2D eigenvalue weighted by Gasteiger charge is -2.21. The number of ether oxygens (including phenoxy) is 1. The predicted octanol–water partition coefficient (Wildman–Crippen LogP) is 1.72. The van der Waals surface area contributed by atoms with Crippen LogP contribution in [0, 0.1) is 5.82 Å². The van der Waals surface area contributed by atoms with Crippen LogP contribution >= 0.6 is 0 Å². The Morgan fingerprint density at radius 3 is 2.70 bits per heavy atom. The van der Waals surface area contributed by atoms with Gasteiger partial charge in [0.25, 0.3) is 5.56 Å². The van der Waals surface area contributed by atoms with Crippen molar-refractivity contribution in [2.24, 2.45) is 5.73 Å². The van der Waals surface area contributed by atoms with Gasteiger partial charge in [-0.3, -0.25) is 4.79 Å². The van der Waals surface area contributed by atoms with Crippen LogP contribution in [0.1, 0.15) is 42.2 Å². The molecule has 8 nitrogen and oxygen atoms in total. The van der Waals surface area contributed by atoms with Crippen LogP contribution in [-0.2, 0) is 29.2 Å². The first-order valence-corrected chi connectivity index (χ1v) is 9.63. The summed E-state index contributed by atoms with van der Waals surface area (Å²) in [5, 5.41) is 10.8. The molecule has 5 rings (SSSR count). The van der Waals surface area contributed by atoms with E-state index in [9.17, 15) is 19.1 Å². The molecule has 0 bridgehead atoms. The summed E-state index contributed by atoms with van der Waals surface area (Å²) in [5.41, 5.74) is 14.5. The van der Waals surface area contributed by atoms with Crippen LogP contribution in [0.4, 0.5) is 10.1 Å². The molecular weight excluding hydrogens is 391 g/mol. The molecule has 1 atom stereocenters. The zero-order chi connectivity index (χ0) is 21.7. The van der Waals surface area contributed by atoms with E-state index in [0.717, 1.165) is 11.1 Å². The number of hydrogen-bond acceptors (Lipinski definition) is 7. The molecule has 0 saturated heterocycles. The number of aliphatic hydroxyl groups excluding tert-OH is 1. The van der Waals surface area contributed by atoms with Crippen molar-refractivity contribution in [2.75, 3.05) is 5.73 Å². The third-order valence-electron chi connectivity index (χ3n) is 5.40. The first-order chi connectivity index (χ1) is 14.4. The number of nitrogens with two attached hydrogens (primary N) is 2. The van der Waals surface area contributed by atoms with E-state index in [4.69, 9.17) is 16.2 Å². The number of benzene rings is 1. The fourth-order valence-electron chi connectivity index (χ4n) is 3.98. The van der Waals surface area contributed by atoms with Crippen molar-refractivity contribution in [3.63, 3.8) is 0 Å². The van der Waals surface area contributed by atoms with Crippen LogP contribution in [0.2, 0.25) is 0 Å². The number of esters is 1. The van der Waals surface area contributed by atoms with Gasteiger partial charge in [0.1, 0.15) is 12.4 Å². The fourth-order valence-corrected chi connectivity index (χ4v) is 3.98. The highest BCUT2D eigenvalue weighted by Crippen LogP contribution is 2.38. The first-order valence-electron chi connectivity index (χ1n) is 9.63. The molecule has 1 aromatic carbocycles. The Balaban J connectivity index is 0.00000106. The number of nitrogens with zero attached hydrogens (tertiary/aromatic N) is 2. The maximum atomic E-state index is 14.0. The van der Waals surface area contributed by atoms with Gasteiger partial charge in [-0.25, -0.2) is 14.2 Å². The van der Waals surface area contributed by atoms with Crippen molar-refractivity contribution in [3.05, 3.63) is 56.6 Å². The number of fused-ring (bicyclic) bond motifs is 5. The zero-order valence-corrected chi connectivity index (χ0v) is 16.5. The maximum absolute atomic E-state index is 14.0. The molecule has 3 aromatic rings. The molecule has 156 valence electrons. The molecule has 4 heterocycles. The third-order valence-corrected chi connectivity index (χ3v) is 5.40. The smallest absolute Gasteiger partial charge is 0.340 e. The summed E-state index contributed by atoms with van der Waals surface area (Å²) in [5.74, 6) is -1.40. The molecule has 0 fully saturated rings. The summed E-state index contributed by atoms with van der Waals surface area (Å²) in [4.78, 5) is 29.2. The number of carbonyl (C=O) groups is 1. The van der Waals surface area contributed by atoms with Gasteiger partial charge in [-0.05, 0) is 17.7 Å². The average molecular weight is 412 g/mol. The van der Waals surface area contributed by atoms with Crippen molar-refractivity contribution >= 4 is 22.6 Å². The summed E-state index contributed by atoms with van der Waals surface area (Å²) in [6.07, 6.45) is -1.53. The molecule has 30 heavy (non-hydrogen) atoms. The molecule has 0 saturated carbocycles. The molecule has 0 radical (unpaired) electrons. The Kier molecular flexibility index (Phi) is 4.79. The Hall–Kier alpha value is -3.30. The van der Waals surface area contributed by atoms with Crippen LogP contribution in [0.5, 0.6) is 0 Å². The minimum Gasteiger partial charge on any atom is -0.458 e. The fraction of sp³-hybridized carbons (Fsp3) is 0.286. The van der Waals surface area contributed by atoms with Gasteiger partial charge in [0, 0.05) is 29.1 Å². The SMILES string of the molecule is CC.NCc1c2c(nc3cc(F)c(N)cc13)-c1cc3c(c(=O)n1C2)COC(=O)C3O. The number of pyridine rings is 2. The Morgan fingerprint density at radius 1 is 1.27 bits per heavy atom. The minimum absolute atomic E-state index is 0.00845. The van der Waals surface area contributed by atoms with Crippen molar-refractivity contribution in [1.29, 1.82) is 0 Å². The van der Waals surface area contributed by atoms with Gasteiger partial charge < -0.3 is 25.9 Å². The van der Waals surface area contributed by atoms with E-state index in [2.05, 4.69) is 4.98 Å². The number of nitrogen functional groups attached to an aromatic ring is 1. The Morgan fingerprint density at radius 2 is 2.00 bits per heavy atom. The van der Waals surface area contributed by atoms with Crippen molar-refractivity contribution < 1.29 is 19.0 Å². The summed E-state index contributed by atoms with van der Waals surface area (Å²) in [6, 6.07) is 4.29. The first kappa shape index (κ1) is 20.0. The zero-order valence-electron chi connectivity index (χ0n) is 16.5. The number of aromatic nitrogens is 2. The van der Waals surface area contributed by atoms with Crippen LogP contribution < -0.4 is 17.0 Å². The number of hydrogen-bond donors (Lipinski definition) is 3. The van der Waals surface area contributed by atoms with Gasteiger partial charge in [0.2, 0.25) is 0 Å². The number of aliphatic hydroxyl groups is 1. The molecular formula is C21H21FN4O4. The summed E-state index contributed by atoms with van der Waals surface area (Å²) in [6.45, 7) is 4.19. The summed E-state index contributed by atoms with van der Waals surface area (Å²) >= 11 is 0. The van der Waals surface area contributed by atoms with Gasteiger partial charge in [-0.15, -0.1) is 0 Å². The van der Waals surface area contributed by atoms with Gasteiger partial charge in [-0.2, -0.15) is 0 Å². The highest BCUT2D eigenvalue weighted by molar-refractivity contribution is 5.90. The van der Waals surface area contributed by atoms with E-state index >= 15 is 0 Å². The maximum Gasteiger partial charge on any atom is 0.340 e. The molecule has 2 aliphatic rings. The van der Waals surface area contributed by atoms with Crippen LogP contribution in [0.3, 0.4) is 0 Å². The second-order valence-electron chi connectivity index (χ2n) is 6.88. The topological polar surface area (TPSA) is 133 Å². The second-order valence-corrected chi connectivity index (χ2v) is 6.88. The molecule has 1 unspecified atom stereocenters. The average Bonchev–Trinajstić information content (AvgIpc) is 3.11. The van der Waals surface area contributed by atoms with Crippen molar-refractivity contribution in [1.82, 2.24) is 9.55 Å². The van der Waals surface area contributed by atoms with Crippen LogP contribution in [0.15, 0.2) is 23.0 Å². The van der Waals surface area contributed by atoms with Crippen molar-refractivity contribution in [2.45, 2.75) is 39.6 Å². The van der Waals surface area contributed by atoms with E-state index < -0.39 is 17.9 Å². The lowest BCUT2D eigenvalue weighted by Crippen LogP contribution is -2.32. The third kappa shape index (κ3) is 2.70. The second kappa shape index (κ2) is 7.19. The normalized spacial score (nSPS) is 16.3. The molecule has 2 aliphatic heterocycles. The molecule has 0 aliphatic carbocycles. The summed E-state index contributed by atoms with van der Waals surface area (Å²) < 4.78 is 20.4. The number of rotatable bonds is 1. The largest absolute Gasteiger partial charge is 0.458 e. The van der Waals surface area contributed by atoms with Gasteiger partial charge in [-0.1, -0.05) is 13.8 Å². The van der Waals surface area contributed by atoms with Gasteiger partial charge in [0.15, 0.2) is 6.10 Å². The number of halogens is 1. The van der Waals surface area contributed by atoms with E-state index in [1.165, 1.54) is 16.7 Å². The van der Waals surface area contributed by atoms with E-state index in [0.29, 0.717) is 22.3 Å². The number of carbonyl (C=O) groups excluding carboxylic acids is 1. The quantitative estimate of drug-likeness (QED) is 0.320. The number of anilines is 1. The van der Waals surface area contributed by atoms with E-state index in [-0.39, 0.29) is 42.1 Å². The molecule has 5 N–H and O–H groups in total. The minimum atomic E-state index is -1.53.